The molecule has 0 aliphatic rings. The molecule has 0 radical (unpaired) electrons. The smallest absolute Gasteiger partial charge is 0.321 e. The minimum atomic E-state index is -2.76. The second-order valence-corrected chi connectivity index (χ2v) is 7.56. The maximum Gasteiger partial charge on any atom is 0.321 e. The van der Waals surface area contributed by atoms with Crippen LogP contribution in [0.4, 0.5) is 14.5 Å². The van der Waals surface area contributed by atoms with Gasteiger partial charge in [-0.3, -0.25) is 9.36 Å². The third kappa shape index (κ3) is 3.95. The molecule has 0 fully saturated rings. The number of para-hydroxylation sites is 2. The van der Waals surface area contributed by atoms with Gasteiger partial charge in [-0.15, -0.1) is 0 Å². The van der Waals surface area contributed by atoms with Crippen LogP contribution in [0.15, 0.2) is 47.6 Å². The van der Waals surface area contributed by atoms with E-state index in [1.54, 1.807) is 43.3 Å². The number of amides is 1. The number of rotatable bonds is 5. The van der Waals surface area contributed by atoms with Crippen LogP contribution in [0.3, 0.4) is 0 Å². The first kappa shape index (κ1) is 18.9. The summed E-state index contributed by atoms with van der Waals surface area (Å²) in [4.78, 5) is 16.6. The van der Waals surface area contributed by atoms with E-state index in [1.165, 1.54) is 6.07 Å². The van der Waals surface area contributed by atoms with Crippen molar-refractivity contribution in [1.29, 1.82) is 0 Å². The van der Waals surface area contributed by atoms with Crippen molar-refractivity contribution in [3.63, 3.8) is 0 Å². The molecule has 1 N–H and O–H groups in total. The quantitative estimate of drug-likeness (QED) is 0.530. The van der Waals surface area contributed by atoms with Crippen LogP contribution in [0.5, 0.6) is 0 Å². The Hall–Kier alpha value is -1.83. The normalized spacial score (nSPS) is 12.5. The van der Waals surface area contributed by atoms with E-state index in [4.69, 9.17) is 23.2 Å². The molecule has 1 amide bonds. The number of fused-ring (bicyclic) bond motifs is 1. The summed E-state index contributed by atoms with van der Waals surface area (Å²) in [5.74, 6) is -0.396. The molecule has 9 heteroatoms. The van der Waals surface area contributed by atoms with E-state index < -0.39 is 17.7 Å². The maximum atomic E-state index is 13.5. The summed E-state index contributed by atoms with van der Waals surface area (Å²) in [6.45, 7) is -1.16. The zero-order valence-corrected chi connectivity index (χ0v) is 15.7. The zero-order chi connectivity index (χ0) is 18.8. The second kappa shape index (κ2) is 7.82. The molecule has 0 saturated heterocycles. The van der Waals surface area contributed by atoms with Crippen LogP contribution in [-0.4, -0.2) is 20.7 Å². The Kier molecular flexibility index (Phi) is 5.70. The molecule has 0 spiro atoms. The van der Waals surface area contributed by atoms with Gasteiger partial charge in [-0.25, -0.2) is 4.98 Å². The van der Waals surface area contributed by atoms with Gasteiger partial charge in [-0.05, 0) is 37.3 Å². The summed E-state index contributed by atoms with van der Waals surface area (Å²) >= 11 is 12.9. The molecular weight excluding hydrogens is 403 g/mol. The van der Waals surface area contributed by atoms with Crippen molar-refractivity contribution in [2.45, 2.75) is 23.9 Å². The average molecular weight is 416 g/mol. The minimum Gasteiger partial charge on any atom is -0.324 e. The van der Waals surface area contributed by atoms with Crippen molar-refractivity contribution in [1.82, 2.24) is 9.55 Å². The lowest BCUT2D eigenvalue weighted by atomic mass is 10.3. The maximum absolute atomic E-state index is 13.5. The number of nitrogens with zero attached hydrogens (tertiary/aromatic N) is 2. The number of hydrogen-bond donors (Lipinski definition) is 1. The number of alkyl halides is 2. The Bertz CT molecular complexity index is 964. The molecule has 26 heavy (non-hydrogen) atoms. The fourth-order valence-electron chi connectivity index (χ4n) is 2.33. The number of imidazole rings is 1. The monoisotopic (exact) mass is 415 g/mol. The number of aromatic nitrogens is 2. The predicted molar refractivity (Wildman–Crippen MR) is 101 cm³/mol. The first-order chi connectivity index (χ1) is 12.4. The standard InChI is InChI=1S/C17H13Cl2F2N3OS/c1-9(15(25)22-13-8-10(18)6-7-11(13)19)26-17-23-12-4-2-3-5-14(12)24(17)16(20)21/h2-9,16H,1H3,(H,22,25). The van der Waals surface area contributed by atoms with Gasteiger partial charge < -0.3 is 5.32 Å². The van der Waals surface area contributed by atoms with Gasteiger partial charge in [0, 0.05) is 5.02 Å². The molecule has 0 aliphatic heterocycles. The van der Waals surface area contributed by atoms with Crippen molar-refractivity contribution in [3.8, 4) is 0 Å². The average Bonchev–Trinajstić information content (AvgIpc) is 2.96. The number of thioether (sulfide) groups is 1. The number of carbonyl (C=O) groups excluding carboxylic acids is 1. The molecule has 3 rings (SSSR count). The van der Waals surface area contributed by atoms with Crippen LogP contribution in [0.1, 0.15) is 13.5 Å². The lowest BCUT2D eigenvalue weighted by molar-refractivity contribution is -0.115. The highest BCUT2D eigenvalue weighted by molar-refractivity contribution is 8.00. The largest absolute Gasteiger partial charge is 0.324 e. The van der Waals surface area contributed by atoms with E-state index in [0.29, 0.717) is 26.8 Å². The number of nitrogens with one attached hydrogen (secondary N) is 1. The summed E-state index contributed by atoms with van der Waals surface area (Å²) in [5, 5.41) is 2.80. The summed E-state index contributed by atoms with van der Waals surface area (Å²) in [6, 6.07) is 11.3. The van der Waals surface area contributed by atoms with E-state index in [2.05, 4.69) is 10.3 Å². The zero-order valence-electron chi connectivity index (χ0n) is 13.4. The third-order valence-electron chi connectivity index (χ3n) is 3.60. The van der Waals surface area contributed by atoms with Crippen LogP contribution in [-0.2, 0) is 4.79 Å². The highest BCUT2D eigenvalue weighted by atomic mass is 35.5. The van der Waals surface area contributed by atoms with Gasteiger partial charge in [-0.1, -0.05) is 47.1 Å². The molecule has 0 aliphatic carbocycles. The van der Waals surface area contributed by atoms with Crippen LogP contribution >= 0.6 is 35.0 Å². The van der Waals surface area contributed by atoms with Crippen LogP contribution in [0.2, 0.25) is 10.0 Å². The van der Waals surface area contributed by atoms with Gasteiger partial charge in [-0.2, -0.15) is 8.78 Å². The van der Waals surface area contributed by atoms with Gasteiger partial charge in [0.15, 0.2) is 5.16 Å². The Morgan fingerprint density at radius 2 is 1.96 bits per heavy atom. The van der Waals surface area contributed by atoms with Crippen molar-refractivity contribution < 1.29 is 13.6 Å². The lowest BCUT2D eigenvalue weighted by Gasteiger charge is -2.14. The SMILES string of the molecule is CC(Sc1nc2ccccc2n1C(F)F)C(=O)Nc1cc(Cl)ccc1Cl. The number of carbonyl (C=O) groups is 1. The van der Waals surface area contributed by atoms with Gasteiger partial charge >= 0.3 is 6.55 Å². The number of halogens is 4. The van der Waals surface area contributed by atoms with Crippen LogP contribution in [0.25, 0.3) is 11.0 Å². The molecule has 2 aromatic carbocycles. The first-order valence-electron chi connectivity index (χ1n) is 7.54. The van der Waals surface area contributed by atoms with Crippen LogP contribution in [0, 0.1) is 0 Å². The topological polar surface area (TPSA) is 46.9 Å². The second-order valence-electron chi connectivity index (χ2n) is 5.40. The number of anilines is 1. The van der Waals surface area contributed by atoms with E-state index >= 15 is 0 Å². The minimum absolute atomic E-state index is 0.0704. The first-order valence-corrected chi connectivity index (χ1v) is 9.18. The summed E-state index contributed by atoms with van der Waals surface area (Å²) in [6.07, 6.45) is 0. The summed E-state index contributed by atoms with van der Waals surface area (Å²) in [7, 11) is 0. The Morgan fingerprint density at radius 3 is 2.69 bits per heavy atom. The Labute approximate surface area is 162 Å². The van der Waals surface area contributed by atoms with Crippen LogP contribution < -0.4 is 5.32 Å². The van der Waals surface area contributed by atoms with E-state index in [9.17, 15) is 13.6 Å². The predicted octanol–water partition coefficient (Wildman–Crippen LogP) is 5.86. The fraction of sp³-hybridized carbons (Fsp3) is 0.176. The summed E-state index contributed by atoms with van der Waals surface area (Å²) < 4.78 is 27.7. The van der Waals surface area contributed by atoms with E-state index in [0.717, 1.165) is 16.3 Å². The fourth-order valence-corrected chi connectivity index (χ4v) is 3.60. The highest BCUT2D eigenvalue weighted by Gasteiger charge is 2.23. The number of benzene rings is 2. The Morgan fingerprint density at radius 1 is 1.23 bits per heavy atom. The molecule has 4 nitrogen and oxygen atoms in total. The molecule has 0 bridgehead atoms. The molecular formula is C17H13Cl2F2N3OS. The van der Waals surface area contributed by atoms with Gasteiger partial charge in [0.2, 0.25) is 5.91 Å². The number of hydrogen-bond acceptors (Lipinski definition) is 3. The molecule has 1 unspecified atom stereocenters. The Balaban J connectivity index is 1.82. The van der Waals surface area contributed by atoms with Crippen molar-refractivity contribution in [2.24, 2.45) is 0 Å². The highest BCUT2D eigenvalue weighted by Crippen LogP contribution is 2.32. The van der Waals surface area contributed by atoms with Crippen molar-refractivity contribution >= 4 is 57.6 Å². The van der Waals surface area contributed by atoms with E-state index in [1.807, 2.05) is 0 Å². The van der Waals surface area contributed by atoms with Crippen molar-refractivity contribution in [3.05, 3.63) is 52.5 Å². The molecule has 1 atom stereocenters. The lowest BCUT2D eigenvalue weighted by Crippen LogP contribution is -2.23. The summed E-state index contributed by atoms with van der Waals surface area (Å²) in [5.41, 5.74) is 1.12. The molecule has 136 valence electrons. The van der Waals surface area contributed by atoms with Crippen molar-refractivity contribution in [2.75, 3.05) is 5.32 Å². The van der Waals surface area contributed by atoms with Gasteiger partial charge in [0.05, 0.1) is 27.0 Å². The van der Waals surface area contributed by atoms with E-state index in [-0.39, 0.29) is 5.16 Å². The molecule has 3 aromatic rings. The third-order valence-corrected chi connectivity index (χ3v) is 5.23. The molecule has 1 aromatic heterocycles. The van der Waals surface area contributed by atoms with Gasteiger partial charge in [0.25, 0.3) is 0 Å². The molecule has 0 saturated carbocycles. The van der Waals surface area contributed by atoms with Gasteiger partial charge in [0.1, 0.15) is 0 Å². The molecule has 1 heterocycles.